The molecule has 1 saturated carbocycles. The van der Waals surface area contributed by atoms with Gasteiger partial charge in [-0.05, 0) is 25.2 Å². The maximum Gasteiger partial charge on any atom is 0.236 e. The highest BCUT2D eigenvalue weighted by atomic mass is 16.1. The number of rotatable bonds is 1. The van der Waals surface area contributed by atoms with Crippen LogP contribution in [0.15, 0.2) is 4.99 Å². The fourth-order valence-corrected chi connectivity index (χ4v) is 1.60. The molecular formula is C8H10N2O. The average Bonchev–Trinajstić information content (AvgIpc) is 2.35. The van der Waals surface area contributed by atoms with Crippen molar-refractivity contribution in [1.82, 2.24) is 0 Å². The summed E-state index contributed by atoms with van der Waals surface area (Å²) in [5.41, 5.74) is -0.748. The molecule has 0 aliphatic heterocycles. The van der Waals surface area contributed by atoms with Crippen molar-refractivity contribution < 1.29 is 4.79 Å². The number of nitrogens with zero attached hydrogens (tertiary/aromatic N) is 2. The molecular weight excluding hydrogens is 140 g/mol. The molecule has 58 valence electrons. The summed E-state index contributed by atoms with van der Waals surface area (Å²) in [7, 11) is 0. The molecule has 1 rings (SSSR count). The van der Waals surface area contributed by atoms with Crippen molar-refractivity contribution in [3.8, 4) is 6.07 Å². The molecule has 0 bridgehead atoms. The van der Waals surface area contributed by atoms with E-state index >= 15 is 0 Å². The summed E-state index contributed by atoms with van der Waals surface area (Å²) in [5.74, 6) is 0.203. The van der Waals surface area contributed by atoms with Crippen LogP contribution >= 0.6 is 0 Å². The average molecular weight is 150 g/mol. The number of carbonyl (C=O) groups excluding carboxylic acids is 1. The Morgan fingerprint density at radius 3 is 2.82 bits per heavy atom. The van der Waals surface area contributed by atoms with Crippen LogP contribution in [0, 0.1) is 17.2 Å². The predicted molar refractivity (Wildman–Crippen MR) is 39.5 cm³/mol. The quantitative estimate of drug-likeness (QED) is 0.419. The highest BCUT2D eigenvalue weighted by molar-refractivity contribution is 5.37. The third-order valence-corrected chi connectivity index (χ3v) is 2.45. The minimum atomic E-state index is -0.748. The zero-order valence-corrected chi connectivity index (χ0v) is 6.50. The summed E-state index contributed by atoms with van der Waals surface area (Å²) in [6.07, 6.45) is 4.16. The summed E-state index contributed by atoms with van der Waals surface area (Å²) in [6.45, 7) is 1.96. The fraction of sp³-hybridized carbons (Fsp3) is 0.750. The SMILES string of the molecule is CC1CCCC1(C#N)N=C=O. The van der Waals surface area contributed by atoms with E-state index in [0.29, 0.717) is 6.42 Å². The van der Waals surface area contributed by atoms with Gasteiger partial charge in [-0.1, -0.05) is 6.92 Å². The van der Waals surface area contributed by atoms with Crippen molar-refractivity contribution >= 4 is 6.08 Å². The minimum absolute atomic E-state index is 0.203. The Kier molecular flexibility index (Phi) is 2.07. The third kappa shape index (κ3) is 1.18. The van der Waals surface area contributed by atoms with Gasteiger partial charge in [0.05, 0.1) is 6.07 Å². The standard InChI is InChI=1S/C8H10N2O/c1-7-3-2-4-8(7,5-9)10-6-11/h7H,2-4H2,1H3. The molecule has 0 radical (unpaired) electrons. The van der Waals surface area contributed by atoms with Gasteiger partial charge in [0, 0.05) is 0 Å². The number of hydrogen-bond donors (Lipinski definition) is 0. The van der Waals surface area contributed by atoms with Gasteiger partial charge < -0.3 is 0 Å². The lowest BCUT2D eigenvalue weighted by molar-refractivity contribution is 0.428. The van der Waals surface area contributed by atoms with Crippen LogP contribution < -0.4 is 0 Å². The molecule has 11 heavy (non-hydrogen) atoms. The molecule has 0 spiro atoms. The van der Waals surface area contributed by atoms with Crippen molar-refractivity contribution in [2.24, 2.45) is 10.9 Å². The van der Waals surface area contributed by atoms with E-state index in [1.807, 2.05) is 6.92 Å². The number of nitriles is 1. The normalized spacial score (nSPS) is 35.8. The van der Waals surface area contributed by atoms with E-state index in [9.17, 15) is 4.79 Å². The largest absolute Gasteiger partial charge is 0.236 e. The Labute approximate surface area is 65.7 Å². The van der Waals surface area contributed by atoms with Gasteiger partial charge in [0.25, 0.3) is 0 Å². The van der Waals surface area contributed by atoms with E-state index in [4.69, 9.17) is 5.26 Å². The molecule has 0 heterocycles. The van der Waals surface area contributed by atoms with Crippen LogP contribution in [0.1, 0.15) is 26.2 Å². The van der Waals surface area contributed by atoms with E-state index in [2.05, 4.69) is 11.1 Å². The Bertz CT molecular complexity index is 237. The van der Waals surface area contributed by atoms with E-state index in [1.54, 1.807) is 0 Å². The first-order chi connectivity index (χ1) is 5.25. The van der Waals surface area contributed by atoms with Crippen LogP contribution in [0.3, 0.4) is 0 Å². The van der Waals surface area contributed by atoms with Crippen molar-refractivity contribution in [3.05, 3.63) is 0 Å². The van der Waals surface area contributed by atoms with Crippen LogP contribution in [0.5, 0.6) is 0 Å². The molecule has 1 aliphatic carbocycles. The molecule has 1 aliphatic rings. The highest BCUT2D eigenvalue weighted by Gasteiger charge is 2.40. The Hall–Kier alpha value is -1.13. The van der Waals surface area contributed by atoms with Crippen LogP contribution in [-0.2, 0) is 4.79 Å². The predicted octanol–water partition coefficient (Wildman–Crippen LogP) is 1.40. The lowest BCUT2D eigenvalue weighted by Gasteiger charge is -2.17. The summed E-state index contributed by atoms with van der Waals surface area (Å²) in [5, 5.41) is 8.80. The van der Waals surface area contributed by atoms with Gasteiger partial charge in [-0.2, -0.15) is 10.3 Å². The monoisotopic (exact) mass is 150 g/mol. The maximum atomic E-state index is 10.0. The molecule has 0 aromatic carbocycles. The van der Waals surface area contributed by atoms with Crippen LogP contribution in [0.2, 0.25) is 0 Å². The second kappa shape index (κ2) is 2.86. The molecule has 2 atom stereocenters. The molecule has 1 fully saturated rings. The van der Waals surface area contributed by atoms with Gasteiger partial charge in [0.2, 0.25) is 6.08 Å². The van der Waals surface area contributed by atoms with Gasteiger partial charge in [-0.25, -0.2) is 4.79 Å². The molecule has 0 saturated heterocycles. The highest BCUT2D eigenvalue weighted by Crippen LogP contribution is 2.37. The zero-order chi connectivity index (χ0) is 8.32. The first kappa shape index (κ1) is 7.97. The lowest BCUT2D eigenvalue weighted by Crippen LogP contribution is -2.26. The Balaban J connectivity index is 2.92. The van der Waals surface area contributed by atoms with Crippen LogP contribution in [0.25, 0.3) is 0 Å². The third-order valence-electron chi connectivity index (χ3n) is 2.45. The van der Waals surface area contributed by atoms with Gasteiger partial charge in [0.1, 0.15) is 0 Å². The first-order valence-corrected chi connectivity index (χ1v) is 3.75. The van der Waals surface area contributed by atoms with Crippen molar-refractivity contribution in [1.29, 1.82) is 5.26 Å². The molecule has 2 unspecified atom stereocenters. The van der Waals surface area contributed by atoms with Gasteiger partial charge >= 0.3 is 0 Å². The molecule has 0 aromatic heterocycles. The summed E-state index contributed by atoms with van der Waals surface area (Å²) < 4.78 is 0. The van der Waals surface area contributed by atoms with Crippen molar-refractivity contribution in [2.75, 3.05) is 0 Å². The second-order valence-corrected chi connectivity index (χ2v) is 3.03. The van der Waals surface area contributed by atoms with E-state index in [0.717, 1.165) is 12.8 Å². The van der Waals surface area contributed by atoms with Gasteiger partial charge in [0.15, 0.2) is 5.54 Å². The van der Waals surface area contributed by atoms with Crippen LogP contribution in [0.4, 0.5) is 0 Å². The summed E-state index contributed by atoms with van der Waals surface area (Å²) in [6, 6.07) is 2.10. The van der Waals surface area contributed by atoms with Gasteiger partial charge in [-0.3, -0.25) is 0 Å². The number of isocyanates is 1. The second-order valence-electron chi connectivity index (χ2n) is 3.03. The summed E-state index contributed by atoms with van der Waals surface area (Å²) in [4.78, 5) is 13.6. The number of hydrogen-bond acceptors (Lipinski definition) is 3. The first-order valence-electron chi connectivity index (χ1n) is 3.75. The minimum Gasteiger partial charge on any atom is -0.211 e. The Morgan fingerprint density at radius 2 is 2.45 bits per heavy atom. The fourth-order valence-electron chi connectivity index (χ4n) is 1.60. The maximum absolute atomic E-state index is 10.0. The molecule has 3 heteroatoms. The molecule has 0 N–H and O–H groups in total. The van der Waals surface area contributed by atoms with Crippen LogP contribution in [-0.4, -0.2) is 11.6 Å². The number of aliphatic imine (C=N–C) groups is 1. The van der Waals surface area contributed by atoms with E-state index in [-0.39, 0.29) is 5.92 Å². The molecule has 0 aromatic rings. The van der Waals surface area contributed by atoms with E-state index in [1.165, 1.54) is 6.08 Å². The lowest BCUT2D eigenvalue weighted by atomic mass is 9.91. The summed E-state index contributed by atoms with van der Waals surface area (Å²) >= 11 is 0. The van der Waals surface area contributed by atoms with Crippen molar-refractivity contribution in [3.63, 3.8) is 0 Å². The molecule has 0 amide bonds. The topological polar surface area (TPSA) is 53.2 Å². The van der Waals surface area contributed by atoms with Crippen molar-refractivity contribution in [2.45, 2.75) is 31.7 Å². The Morgan fingerprint density at radius 1 is 1.73 bits per heavy atom. The van der Waals surface area contributed by atoms with Gasteiger partial charge in [-0.15, -0.1) is 0 Å². The molecule has 3 nitrogen and oxygen atoms in total. The van der Waals surface area contributed by atoms with E-state index < -0.39 is 5.54 Å². The smallest absolute Gasteiger partial charge is 0.211 e. The zero-order valence-electron chi connectivity index (χ0n) is 6.50.